The van der Waals surface area contributed by atoms with E-state index >= 15 is 0 Å². The Morgan fingerprint density at radius 3 is 2.52 bits per heavy atom. The molecule has 21 heavy (non-hydrogen) atoms. The number of hydrogen-bond acceptors (Lipinski definition) is 2. The summed E-state index contributed by atoms with van der Waals surface area (Å²) in [6, 6.07) is 15.6. The van der Waals surface area contributed by atoms with Crippen LogP contribution in [0.15, 0.2) is 53.0 Å². The number of carbonyl (C=O) groups is 1. The predicted octanol–water partition coefficient (Wildman–Crippen LogP) is 3.36. The largest absolute Gasteiger partial charge is 0.333 e. The molecule has 0 spiro atoms. The molecule has 0 aromatic heterocycles. The van der Waals surface area contributed by atoms with Crippen molar-refractivity contribution >= 4 is 21.8 Å². The van der Waals surface area contributed by atoms with E-state index in [0.29, 0.717) is 25.2 Å². The van der Waals surface area contributed by atoms with Crippen LogP contribution in [0.3, 0.4) is 0 Å². The second-order valence-electron chi connectivity index (χ2n) is 4.91. The number of hydrogen-bond donors (Lipinski definition) is 1. The van der Waals surface area contributed by atoms with Crippen LogP contribution in [0, 0.1) is 6.92 Å². The first kappa shape index (κ1) is 15.7. The quantitative estimate of drug-likeness (QED) is 0.902. The summed E-state index contributed by atoms with van der Waals surface area (Å²) in [5, 5.41) is 0. The van der Waals surface area contributed by atoms with Crippen LogP contribution < -0.4 is 5.73 Å². The molecule has 0 radical (unpaired) electrons. The molecule has 110 valence electrons. The number of nitrogens with zero attached hydrogens (tertiary/aromatic N) is 1. The Morgan fingerprint density at radius 2 is 1.86 bits per heavy atom. The normalized spacial score (nSPS) is 10.4. The molecule has 0 aliphatic heterocycles. The number of nitrogens with two attached hydrogens (primary N) is 1. The molecule has 0 saturated heterocycles. The van der Waals surface area contributed by atoms with Crippen LogP contribution in [-0.4, -0.2) is 23.9 Å². The Balaban J connectivity index is 2.25. The van der Waals surface area contributed by atoms with E-state index in [4.69, 9.17) is 5.73 Å². The van der Waals surface area contributed by atoms with Gasteiger partial charge in [0.25, 0.3) is 5.91 Å². The van der Waals surface area contributed by atoms with Crippen LogP contribution in [-0.2, 0) is 6.54 Å². The number of halogens is 1. The van der Waals surface area contributed by atoms with Crippen LogP contribution in [0.4, 0.5) is 0 Å². The van der Waals surface area contributed by atoms with Crippen LogP contribution in [0.1, 0.15) is 21.5 Å². The maximum atomic E-state index is 12.8. The molecular weight excluding hydrogens is 328 g/mol. The first-order chi connectivity index (χ1) is 10.1. The molecule has 2 N–H and O–H groups in total. The molecule has 0 saturated carbocycles. The smallest absolute Gasteiger partial charge is 0.254 e. The third kappa shape index (κ3) is 3.93. The third-order valence-corrected chi connectivity index (χ3v) is 4.26. The number of amides is 1. The fourth-order valence-corrected chi connectivity index (χ4v) is 2.59. The molecular formula is C17H19BrN2O. The van der Waals surface area contributed by atoms with E-state index < -0.39 is 0 Å². The van der Waals surface area contributed by atoms with Gasteiger partial charge in [-0.15, -0.1) is 0 Å². The van der Waals surface area contributed by atoms with Gasteiger partial charge >= 0.3 is 0 Å². The maximum absolute atomic E-state index is 12.8. The molecule has 0 bridgehead atoms. The lowest BCUT2D eigenvalue weighted by molar-refractivity contribution is 0.0747. The fourth-order valence-electron chi connectivity index (χ4n) is 2.22. The maximum Gasteiger partial charge on any atom is 0.254 e. The molecule has 1 amide bonds. The molecule has 2 aromatic carbocycles. The number of benzene rings is 2. The molecule has 3 nitrogen and oxygen atoms in total. The van der Waals surface area contributed by atoms with Crippen LogP contribution in [0.5, 0.6) is 0 Å². The molecule has 0 aliphatic rings. The van der Waals surface area contributed by atoms with Crippen molar-refractivity contribution in [2.24, 2.45) is 5.73 Å². The van der Waals surface area contributed by atoms with Gasteiger partial charge < -0.3 is 10.6 Å². The van der Waals surface area contributed by atoms with E-state index in [2.05, 4.69) is 15.9 Å². The zero-order valence-electron chi connectivity index (χ0n) is 12.1. The van der Waals surface area contributed by atoms with Gasteiger partial charge in [0.15, 0.2) is 0 Å². The summed E-state index contributed by atoms with van der Waals surface area (Å²) in [6.45, 7) is 3.51. The van der Waals surface area contributed by atoms with Crippen molar-refractivity contribution in [3.63, 3.8) is 0 Å². The van der Waals surface area contributed by atoms with Gasteiger partial charge in [0.1, 0.15) is 0 Å². The van der Waals surface area contributed by atoms with E-state index in [1.807, 2.05) is 55.5 Å². The van der Waals surface area contributed by atoms with Crippen molar-refractivity contribution in [3.8, 4) is 0 Å². The van der Waals surface area contributed by atoms with Crippen LogP contribution >= 0.6 is 15.9 Å². The second-order valence-corrected chi connectivity index (χ2v) is 5.77. The minimum atomic E-state index is 0.0168. The summed E-state index contributed by atoms with van der Waals surface area (Å²) in [7, 11) is 0. The van der Waals surface area contributed by atoms with Crippen molar-refractivity contribution in [2.75, 3.05) is 13.1 Å². The summed E-state index contributed by atoms with van der Waals surface area (Å²) in [4.78, 5) is 14.6. The average molecular weight is 347 g/mol. The first-order valence-electron chi connectivity index (χ1n) is 6.92. The zero-order valence-corrected chi connectivity index (χ0v) is 13.6. The van der Waals surface area contributed by atoms with Gasteiger partial charge in [0.05, 0.1) is 0 Å². The van der Waals surface area contributed by atoms with Crippen molar-refractivity contribution in [1.29, 1.82) is 0 Å². The minimum Gasteiger partial charge on any atom is -0.333 e. The van der Waals surface area contributed by atoms with Crippen LogP contribution in [0.2, 0.25) is 0 Å². The zero-order chi connectivity index (χ0) is 15.2. The SMILES string of the molecule is Cc1c(Br)cccc1C(=O)N(CCN)Cc1ccccc1. The monoisotopic (exact) mass is 346 g/mol. The average Bonchev–Trinajstić information content (AvgIpc) is 2.50. The highest BCUT2D eigenvalue weighted by Crippen LogP contribution is 2.21. The summed E-state index contributed by atoms with van der Waals surface area (Å²) >= 11 is 3.47. The molecule has 0 atom stereocenters. The first-order valence-corrected chi connectivity index (χ1v) is 7.71. The molecule has 0 fully saturated rings. The molecule has 4 heteroatoms. The highest BCUT2D eigenvalue weighted by molar-refractivity contribution is 9.10. The Hall–Kier alpha value is -1.65. The van der Waals surface area contributed by atoms with Crippen LogP contribution in [0.25, 0.3) is 0 Å². The van der Waals surface area contributed by atoms with Crippen molar-refractivity contribution < 1.29 is 4.79 Å². The highest BCUT2D eigenvalue weighted by atomic mass is 79.9. The van der Waals surface area contributed by atoms with Gasteiger partial charge in [-0.1, -0.05) is 52.3 Å². The van der Waals surface area contributed by atoms with E-state index in [-0.39, 0.29) is 5.91 Å². The molecule has 0 heterocycles. The van der Waals surface area contributed by atoms with Crippen molar-refractivity contribution in [1.82, 2.24) is 4.90 Å². The second kappa shape index (κ2) is 7.38. The fraction of sp³-hybridized carbons (Fsp3) is 0.235. The molecule has 0 aliphatic carbocycles. The van der Waals surface area contributed by atoms with Gasteiger partial charge in [0.2, 0.25) is 0 Å². The van der Waals surface area contributed by atoms with E-state index in [1.54, 1.807) is 4.90 Å². The van der Waals surface area contributed by atoms with Gasteiger partial charge in [0, 0.05) is 29.7 Å². The van der Waals surface area contributed by atoms with E-state index in [0.717, 1.165) is 15.6 Å². The summed E-state index contributed by atoms with van der Waals surface area (Å²) in [6.07, 6.45) is 0. The van der Waals surface area contributed by atoms with Crippen molar-refractivity contribution in [3.05, 3.63) is 69.7 Å². The lowest BCUT2D eigenvalue weighted by Gasteiger charge is -2.23. The number of rotatable bonds is 5. The summed E-state index contributed by atoms with van der Waals surface area (Å²) in [5.74, 6) is 0.0168. The lowest BCUT2D eigenvalue weighted by Crippen LogP contribution is -2.35. The van der Waals surface area contributed by atoms with E-state index in [1.165, 1.54) is 0 Å². The minimum absolute atomic E-state index is 0.0168. The Morgan fingerprint density at radius 1 is 1.14 bits per heavy atom. The van der Waals surface area contributed by atoms with E-state index in [9.17, 15) is 4.79 Å². The molecule has 2 aromatic rings. The Kier molecular flexibility index (Phi) is 5.53. The topological polar surface area (TPSA) is 46.3 Å². The molecule has 0 unspecified atom stereocenters. The highest BCUT2D eigenvalue weighted by Gasteiger charge is 2.18. The molecule has 2 rings (SSSR count). The predicted molar refractivity (Wildman–Crippen MR) is 89.1 cm³/mol. The van der Waals surface area contributed by atoms with Gasteiger partial charge in [-0.25, -0.2) is 0 Å². The van der Waals surface area contributed by atoms with Crippen molar-refractivity contribution in [2.45, 2.75) is 13.5 Å². The lowest BCUT2D eigenvalue weighted by atomic mass is 10.1. The standard InChI is InChI=1S/C17H19BrN2O/c1-13-15(8-5-9-16(13)18)17(21)20(11-10-19)12-14-6-3-2-4-7-14/h2-9H,10-12,19H2,1H3. The van der Waals surface area contributed by atoms with Gasteiger partial charge in [-0.05, 0) is 30.2 Å². The van der Waals surface area contributed by atoms with Gasteiger partial charge in [-0.3, -0.25) is 4.79 Å². The summed E-state index contributed by atoms with van der Waals surface area (Å²) in [5.41, 5.74) is 8.44. The third-order valence-electron chi connectivity index (χ3n) is 3.40. The number of carbonyl (C=O) groups excluding carboxylic acids is 1. The Labute approximate surface area is 133 Å². The van der Waals surface area contributed by atoms with Gasteiger partial charge in [-0.2, -0.15) is 0 Å². The summed E-state index contributed by atoms with van der Waals surface area (Å²) < 4.78 is 0.945. The Bertz CT molecular complexity index is 613.